The van der Waals surface area contributed by atoms with Crippen LogP contribution in [0, 0.1) is 0 Å². The van der Waals surface area contributed by atoms with Crippen LogP contribution in [0.2, 0.25) is 0 Å². The number of carbonyl (C=O) groups is 5. The summed E-state index contributed by atoms with van der Waals surface area (Å²) in [6.07, 6.45) is 2.57. The van der Waals surface area contributed by atoms with E-state index in [1.807, 2.05) is 31.1 Å². The number of nitrogens with one attached hydrogen (secondary N) is 2. The summed E-state index contributed by atoms with van der Waals surface area (Å²) in [4.78, 5) is 69.3. The van der Waals surface area contributed by atoms with Gasteiger partial charge < -0.3 is 34.4 Å². The highest BCUT2D eigenvalue weighted by molar-refractivity contribution is 7.15. The number of carbonyl (C=O) groups excluding carboxylic acids is 5. The highest BCUT2D eigenvalue weighted by Crippen LogP contribution is 2.39. The molecule has 5 amide bonds. The van der Waals surface area contributed by atoms with E-state index < -0.39 is 36.4 Å². The van der Waals surface area contributed by atoms with Crippen LogP contribution in [0.5, 0.6) is 11.5 Å². The number of hydrogen-bond acceptors (Lipinski definition) is 10. The third-order valence-electron chi connectivity index (χ3n) is 9.76. The van der Waals surface area contributed by atoms with Crippen molar-refractivity contribution in [2.45, 2.75) is 50.4 Å². The van der Waals surface area contributed by atoms with Gasteiger partial charge in [0.1, 0.15) is 17.5 Å². The molecule has 0 aliphatic carbocycles. The number of piperidine rings is 2. The van der Waals surface area contributed by atoms with Crippen LogP contribution >= 0.6 is 11.3 Å². The quantitative estimate of drug-likeness (QED) is 0.209. The molecule has 54 heavy (non-hydrogen) atoms. The zero-order chi connectivity index (χ0) is 38.9. The maximum absolute atomic E-state index is 15.7. The van der Waals surface area contributed by atoms with Gasteiger partial charge in [-0.15, -0.1) is 11.3 Å². The predicted octanol–water partition coefficient (Wildman–Crippen LogP) is 3.71. The van der Waals surface area contributed by atoms with Gasteiger partial charge in [-0.25, -0.2) is 8.78 Å². The molecule has 2 atom stereocenters. The van der Waals surface area contributed by atoms with Gasteiger partial charge in [0.05, 0.1) is 37.2 Å². The summed E-state index contributed by atoms with van der Waals surface area (Å²) < 4.78 is 42.8. The minimum absolute atomic E-state index is 0.0381. The number of nitrogens with zero attached hydrogens (tertiary/aromatic N) is 4. The first-order valence-electron chi connectivity index (χ1n) is 17.3. The first-order chi connectivity index (χ1) is 25.7. The summed E-state index contributed by atoms with van der Waals surface area (Å²) in [6.45, 7) is 0.241. The molecule has 0 radical (unpaired) electrons. The minimum atomic E-state index is -3.29. The molecule has 4 heterocycles. The molecule has 2 fully saturated rings. The Balaban J connectivity index is 1.16. The summed E-state index contributed by atoms with van der Waals surface area (Å²) >= 11 is 1.11. The second-order valence-electron chi connectivity index (χ2n) is 13.8. The first-order valence-corrected chi connectivity index (χ1v) is 18.1. The van der Waals surface area contributed by atoms with E-state index in [0.717, 1.165) is 16.9 Å². The maximum Gasteiger partial charge on any atom is 0.284 e. The molecule has 16 heteroatoms. The number of thiophene rings is 1. The zero-order valence-electron chi connectivity index (χ0n) is 30.6. The van der Waals surface area contributed by atoms with Crippen LogP contribution in [0.3, 0.4) is 0 Å². The van der Waals surface area contributed by atoms with Crippen LogP contribution in [-0.2, 0) is 27.5 Å². The number of methoxy groups -OCH3 is 2. The molecule has 6 rings (SSSR count). The van der Waals surface area contributed by atoms with E-state index in [-0.39, 0.29) is 49.0 Å². The number of halogens is 2. The fraction of sp³-hybridized carbons (Fsp3) is 0.395. The molecule has 2 unspecified atom stereocenters. The van der Waals surface area contributed by atoms with Gasteiger partial charge in [-0.05, 0) is 80.5 Å². The second kappa shape index (κ2) is 15.6. The Morgan fingerprint density at radius 2 is 1.74 bits per heavy atom. The van der Waals surface area contributed by atoms with E-state index in [1.165, 1.54) is 14.7 Å². The molecule has 13 nitrogen and oxygen atoms in total. The number of hydrogen-bond donors (Lipinski definition) is 2. The summed E-state index contributed by atoms with van der Waals surface area (Å²) in [6, 6.07) is 9.60. The summed E-state index contributed by atoms with van der Waals surface area (Å²) in [7, 11) is 8.54. The lowest BCUT2D eigenvalue weighted by atomic mass is 9.99. The van der Waals surface area contributed by atoms with Crippen molar-refractivity contribution < 1.29 is 42.2 Å². The SMILES string of the molecule is COc1cc(/C(=C/N(C)C=O)c2ccc(C(=O)NC3CCN(c4ccc5c(c4)CN(C4CCC(=O)NC4=O)C5=O)CC3(F)F)s2)cc(OC)c1CN(C)C. The van der Waals surface area contributed by atoms with Gasteiger partial charge in [-0.1, -0.05) is 0 Å². The van der Waals surface area contributed by atoms with Gasteiger partial charge >= 0.3 is 0 Å². The maximum atomic E-state index is 15.7. The topological polar surface area (TPSA) is 141 Å². The van der Waals surface area contributed by atoms with Crippen molar-refractivity contribution in [2.75, 3.05) is 53.4 Å². The molecular formula is C38H42F2N6O7S. The number of fused-ring (bicyclic) bond motifs is 1. The van der Waals surface area contributed by atoms with Gasteiger partial charge in [0.25, 0.3) is 17.7 Å². The monoisotopic (exact) mass is 764 g/mol. The van der Waals surface area contributed by atoms with Gasteiger partial charge in [0.15, 0.2) is 0 Å². The smallest absolute Gasteiger partial charge is 0.284 e. The highest BCUT2D eigenvalue weighted by atomic mass is 32.1. The molecule has 3 aliphatic heterocycles. The molecular weight excluding hydrogens is 723 g/mol. The van der Waals surface area contributed by atoms with Gasteiger partial charge in [-0.2, -0.15) is 0 Å². The molecule has 2 N–H and O–H groups in total. The van der Waals surface area contributed by atoms with Crippen molar-refractivity contribution in [2.24, 2.45) is 0 Å². The van der Waals surface area contributed by atoms with E-state index in [9.17, 15) is 24.0 Å². The van der Waals surface area contributed by atoms with E-state index >= 15 is 8.78 Å². The molecule has 0 spiro atoms. The van der Waals surface area contributed by atoms with E-state index in [0.29, 0.717) is 57.3 Å². The van der Waals surface area contributed by atoms with Crippen LogP contribution < -0.4 is 25.0 Å². The molecule has 2 saturated heterocycles. The normalized spacial score (nSPS) is 19.8. The number of imide groups is 1. The molecule has 2 aromatic carbocycles. The van der Waals surface area contributed by atoms with E-state index in [4.69, 9.17) is 9.47 Å². The van der Waals surface area contributed by atoms with Crippen LogP contribution in [0.4, 0.5) is 14.5 Å². The second-order valence-corrected chi connectivity index (χ2v) is 14.9. The highest BCUT2D eigenvalue weighted by Gasteiger charge is 2.46. The number of alkyl halides is 2. The molecule has 3 aromatic rings. The third kappa shape index (κ3) is 7.80. The van der Waals surface area contributed by atoms with Crippen molar-refractivity contribution in [1.82, 2.24) is 25.3 Å². The van der Waals surface area contributed by atoms with Crippen molar-refractivity contribution in [1.29, 1.82) is 0 Å². The fourth-order valence-corrected chi connectivity index (χ4v) is 8.00. The van der Waals surface area contributed by atoms with Gasteiger partial charge in [0, 0.05) is 61.0 Å². The summed E-state index contributed by atoms with van der Waals surface area (Å²) in [5, 5.41) is 4.82. The van der Waals surface area contributed by atoms with Gasteiger partial charge in [-0.3, -0.25) is 29.3 Å². The number of rotatable bonds is 12. The molecule has 0 saturated carbocycles. The first kappa shape index (κ1) is 38.4. The lowest BCUT2D eigenvalue weighted by molar-refractivity contribution is -0.137. The summed E-state index contributed by atoms with van der Waals surface area (Å²) in [5.41, 5.74) is 3.59. The average Bonchev–Trinajstić information content (AvgIpc) is 3.75. The molecule has 286 valence electrons. The van der Waals surface area contributed by atoms with Crippen LogP contribution in [-0.4, -0.2) is 111 Å². The van der Waals surface area contributed by atoms with Crippen molar-refractivity contribution >= 4 is 52.6 Å². The van der Waals surface area contributed by atoms with E-state index in [2.05, 4.69) is 10.6 Å². The van der Waals surface area contributed by atoms with Crippen molar-refractivity contribution in [3.63, 3.8) is 0 Å². The van der Waals surface area contributed by atoms with Crippen LogP contribution in [0.1, 0.15) is 60.9 Å². The van der Waals surface area contributed by atoms with Gasteiger partial charge in [0.2, 0.25) is 18.2 Å². The van der Waals surface area contributed by atoms with Crippen molar-refractivity contribution in [3.05, 3.63) is 80.7 Å². The largest absolute Gasteiger partial charge is 0.496 e. The van der Waals surface area contributed by atoms with Crippen LogP contribution in [0.25, 0.3) is 5.57 Å². The molecule has 3 aliphatic rings. The standard InChI is InChI=1S/C38H42F2N6O7S/c1-43(2)18-27-29(52-4)15-22(16-30(27)53-5)26(19-44(3)21-47)31-9-10-32(54-31)36(50)41-33-12-13-45(20-38(33,39)40)24-6-7-25-23(14-24)17-46(37(25)51)28-8-11-34(48)42-35(28)49/h6-7,9-10,14-16,19,21,28,33H,8,11-13,17-18,20H2,1-5H3,(H,41,50)(H,42,48,49)/b26-19-. The Labute approximate surface area is 315 Å². The Morgan fingerprint density at radius 3 is 2.37 bits per heavy atom. The lowest BCUT2D eigenvalue weighted by Crippen LogP contribution is -2.58. The molecule has 1 aromatic heterocycles. The number of benzene rings is 2. The lowest BCUT2D eigenvalue weighted by Gasteiger charge is -2.39. The van der Waals surface area contributed by atoms with E-state index in [1.54, 1.807) is 57.8 Å². The Morgan fingerprint density at radius 1 is 1.04 bits per heavy atom. The Bertz CT molecular complexity index is 1990. The molecule has 0 bridgehead atoms. The third-order valence-corrected chi connectivity index (χ3v) is 10.9. The summed E-state index contributed by atoms with van der Waals surface area (Å²) in [5.74, 6) is -4.04. The fourth-order valence-electron chi connectivity index (χ4n) is 7.06. The van der Waals surface area contributed by atoms with Crippen LogP contribution in [0.15, 0.2) is 48.7 Å². The minimum Gasteiger partial charge on any atom is -0.496 e. The van der Waals surface area contributed by atoms with Crippen molar-refractivity contribution in [3.8, 4) is 11.5 Å². The number of amides is 5. The Kier molecular flexibility index (Phi) is 11.1. The zero-order valence-corrected chi connectivity index (χ0v) is 31.4. The Hall–Kier alpha value is -5.35. The number of anilines is 1. The predicted molar refractivity (Wildman–Crippen MR) is 198 cm³/mol. The average molecular weight is 765 g/mol. The number of ether oxygens (including phenoxy) is 2.